The van der Waals surface area contributed by atoms with Crippen molar-refractivity contribution in [3.05, 3.63) is 108 Å². The molecule has 0 unspecified atom stereocenters. The first-order valence-electron chi connectivity index (χ1n) is 17.4. The number of benzene rings is 3. The lowest BCUT2D eigenvalue weighted by molar-refractivity contribution is -0.329. The quantitative estimate of drug-likeness (QED) is 0.265. The molecule has 0 spiro atoms. The summed E-state index contributed by atoms with van der Waals surface area (Å²) in [6.07, 6.45) is -7.11. The maximum Gasteiger partial charge on any atom is 0.190 e. The standard InChI is InChI=1S/C39H48O11/c1-38(2)47-32-29(46-37-35(34(32)48-38)49-39(3,4)50-37)24-44-36-30(40)33(43-22-27-18-12-7-13-19-27)31(42-21-26-16-10-6-11-17-26)28(45-36)23-41-20-25-14-8-5-9-15-25/h5-19,28-37,40H,20-24H2,1-4H3/t28-,29-,30+,31-,32+,33-,34+,35-,36+,37-/m1/s1. The van der Waals surface area contributed by atoms with Gasteiger partial charge in [0.15, 0.2) is 24.2 Å². The summed E-state index contributed by atoms with van der Waals surface area (Å²) in [7, 11) is 0. The topological polar surface area (TPSA) is 113 Å². The van der Waals surface area contributed by atoms with Gasteiger partial charge in [-0.05, 0) is 44.4 Å². The zero-order chi connectivity index (χ0) is 34.7. The van der Waals surface area contributed by atoms with Crippen LogP contribution in [0.15, 0.2) is 91.0 Å². The summed E-state index contributed by atoms with van der Waals surface area (Å²) in [6, 6.07) is 29.6. The van der Waals surface area contributed by atoms with Crippen molar-refractivity contribution in [3.63, 3.8) is 0 Å². The molecular formula is C39H48O11. The number of aliphatic hydroxyl groups is 1. The molecule has 4 fully saturated rings. The Bertz CT molecular complexity index is 1490. The molecule has 3 aromatic rings. The lowest BCUT2D eigenvalue weighted by atomic mass is 9.97. The molecule has 0 radical (unpaired) electrons. The molecule has 4 heterocycles. The highest BCUT2D eigenvalue weighted by molar-refractivity contribution is 5.15. The van der Waals surface area contributed by atoms with E-state index in [1.807, 2.05) is 119 Å². The largest absolute Gasteiger partial charge is 0.385 e. The molecule has 10 atom stereocenters. The van der Waals surface area contributed by atoms with Crippen molar-refractivity contribution in [3.8, 4) is 0 Å². The highest BCUT2D eigenvalue weighted by Crippen LogP contribution is 2.44. The van der Waals surface area contributed by atoms with Crippen LogP contribution in [0, 0.1) is 0 Å². The van der Waals surface area contributed by atoms with Gasteiger partial charge < -0.3 is 52.5 Å². The summed E-state index contributed by atoms with van der Waals surface area (Å²) in [6.45, 7) is 8.52. The van der Waals surface area contributed by atoms with Gasteiger partial charge in [-0.1, -0.05) is 91.0 Å². The molecule has 3 aromatic carbocycles. The van der Waals surface area contributed by atoms with Gasteiger partial charge in [0.1, 0.15) is 48.8 Å². The van der Waals surface area contributed by atoms with Crippen LogP contribution in [0.25, 0.3) is 0 Å². The molecule has 0 aromatic heterocycles. The molecule has 0 bridgehead atoms. The van der Waals surface area contributed by atoms with E-state index in [2.05, 4.69) is 0 Å². The molecular weight excluding hydrogens is 644 g/mol. The molecule has 1 N–H and O–H groups in total. The van der Waals surface area contributed by atoms with E-state index in [4.69, 9.17) is 47.4 Å². The number of aliphatic hydroxyl groups excluding tert-OH is 1. The van der Waals surface area contributed by atoms with Gasteiger partial charge in [-0.25, -0.2) is 0 Å². The maximum absolute atomic E-state index is 11.9. The van der Waals surface area contributed by atoms with E-state index in [0.717, 1.165) is 16.7 Å². The van der Waals surface area contributed by atoms with Crippen LogP contribution in [0.3, 0.4) is 0 Å². The summed E-state index contributed by atoms with van der Waals surface area (Å²) >= 11 is 0. The summed E-state index contributed by atoms with van der Waals surface area (Å²) < 4.78 is 63.2. The Morgan fingerprint density at radius 3 is 1.68 bits per heavy atom. The molecule has 11 heteroatoms. The first kappa shape index (κ1) is 35.6. The van der Waals surface area contributed by atoms with Crippen molar-refractivity contribution < 1.29 is 52.5 Å². The summed E-state index contributed by atoms with van der Waals surface area (Å²) in [5.74, 6) is -1.71. The number of fused-ring (bicyclic) bond motifs is 3. The molecule has 4 aliphatic heterocycles. The van der Waals surface area contributed by atoms with Crippen molar-refractivity contribution >= 4 is 0 Å². The van der Waals surface area contributed by atoms with Crippen molar-refractivity contribution in [2.75, 3.05) is 13.2 Å². The number of ether oxygens (including phenoxy) is 10. The van der Waals surface area contributed by atoms with Gasteiger partial charge in [0.2, 0.25) is 0 Å². The second-order valence-corrected chi connectivity index (χ2v) is 14.1. The number of hydrogen-bond acceptors (Lipinski definition) is 11. The molecule has 270 valence electrons. The van der Waals surface area contributed by atoms with Gasteiger partial charge in [-0.15, -0.1) is 0 Å². The Kier molecular flexibility index (Phi) is 11.0. The number of hydrogen-bond donors (Lipinski definition) is 1. The minimum Gasteiger partial charge on any atom is -0.385 e. The fourth-order valence-corrected chi connectivity index (χ4v) is 6.98. The van der Waals surface area contributed by atoms with Gasteiger partial charge in [-0.3, -0.25) is 0 Å². The van der Waals surface area contributed by atoms with Gasteiger partial charge in [0.25, 0.3) is 0 Å². The van der Waals surface area contributed by atoms with Crippen LogP contribution in [0.1, 0.15) is 44.4 Å². The third kappa shape index (κ3) is 8.46. The average Bonchev–Trinajstić information content (AvgIpc) is 3.61. The lowest BCUT2D eigenvalue weighted by Crippen LogP contribution is -2.62. The molecule has 7 rings (SSSR count). The molecule has 11 nitrogen and oxygen atoms in total. The van der Waals surface area contributed by atoms with E-state index >= 15 is 0 Å². The first-order chi connectivity index (χ1) is 24.1. The lowest BCUT2D eigenvalue weighted by Gasteiger charge is -2.45. The monoisotopic (exact) mass is 692 g/mol. The van der Waals surface area contributed by atoms with E-state index in [9.17, 15) is 5.11 Å². The third-order valence-electron chi connectivity index (χ3n) is 9.25. The number of rotatable bonds is 13. The Hall–Kier alpha value is -2.78. The molecule has 50 heavy (non-hydrogen) atoms. The highest BCUT2D eigenvalue weighted by Gasteiger charge is 2.61. The Morgan fingerprint density at radius 1 is 0.540 bits per heavy atom. The van der Waals surface area contributed by atoms with Gasteiger partial charge in [-0.2, -0.15) is 0 Å². The van der Waals surface area contributed by atoms with E-state index in [1.165, 1.54) is 0 Å². The minimum absolute atomic E-state index is 0.0217. The summed E-state index contributed by atoms with van der Waals surface area (Å²) in [5, 5.41) is 11.9. The zero-order valence-corrected chi connectivity index (χ0v) is 29.0. The normalized spacial score (nSPS) is 34.3. The smallest absolute Gasteiger partial charge is 0.190 e. The summed E-state index contributed by atoms with van der Waals surface area (Å²) in [4.78, 5) is 0. The predicted octanol–water partition coefficient (Wildman–Crippen LogP) is 4.87. The van der Waals surface area contributed by atoms with Crippen LogP contribution in [-0.4, -0.2) is 91.3 Å². The summed E-state index contributed by atoms with van der Waals surface area (Å²) in [5.41, 5.74) is 2.97. The van der Waals surface area contributed by atoms with E-state index < -0.39 is 73.0 Å². The Morgan fingerprint density at radius 2 is 1.06 bits per heavy atom. The van der Waals surface area contributed by atoms with Crippen molar-refractivity contribution in [1.82, 2.24) is 0 Å². The van der Waals surface area contributed by atoms with Crippen molar-refractivity contribution in [2.24, 2.45) is 0 Å². The van der Waals surface area contributed by atoms with Gasteiger partial charge in [0.05, 0.1) is 33.0 Å². The van der Waals surface area contributed by atoms with Crippen LogP contribution in [0.2, 0.25) is 0 Å². The van der Waals surface area contributed by atoms with Crippen LogP contribution in [0.4, 0.5) is 0 Å². The van der Waals surface area contributed by atoms with E-state index in [1.54, 1.807) is 0 Å². The highest BCUT2D eigenvalue weighted by atomic mass is 16.9. The van der Waals surface area contributed by atoms with E-state index in [0.29, 0.717) is 13.2 Å². The Balaban J connectivity index is 1.10. The van der Waals surface area contributed by atoms with Crippen LogP contribution >= 0.6 is 0 Å². The van der Waals surface area contributed by atoms with Crippen molar-refractivity contribution in [2.45, 2.75) is 121 Å². The van der Waals surface area contributed by atoms with Crippen LogP contribution in [0.5, 0.6) is 0 Å². The first-order valence-corrected chi connectivity index (χ1v) is 17.4. The molecule has 0 amide bonds. The predicted molar refractivity (Wildman–Crippen MR) is 179 cm³/mol. The molecule has 0 aliphatic carbocycles. The average molecular weight is 693 g/mol. The third-order valence-corrected chi connectivity index (χ3v) is 9.25. The SMILES string of the molecule is CC1(C)O[C@H]2[C@@H](O1)[C@@H](CO[C@H]1O[C@H](COCc3ccccc3)[C@@H](OCc3ccccc3)[C@H](OCc3ccccc3)[C@@H]1O)O[C@@H]1OC(C)(C)O[C@@H]12. The zero-order valence-electron chi connectivity index (χ0n) is 29.0. The second-order valence-electron chi connectivity index (χ2n) is 14.1. The van der Waals surface area contributed by atoms with Crippen molar-refractivity contribution in [1.29, 1.82) is 0 Å². The Labute approximate surface area is 293 Å². The van der Waals surface area contributed by atoms with Crippen LogP contribution in [-0.2, 0) is 67.2 Å². The molecule has 4 aliphatic rings. The second kappa shape index (κ2) is 15.4. The van der Waals surface area contributed by atoms with Crippen LogP contribution < -0.4 is 0 Å². The maximum atomic E-state index is 11.9. The molecule has 4 saturated heterocycles. The minimum atomic E-state index is -1.21. The fraction of sp³-hybridized carbons (Fsp3) is 0.538. The fourth-order valence-electron chi connectivity index (χ4n) is 6.98. The van der Waals surface area contributed by atoms with Gasteiger partial charge >= 0.3 is 0 Å². The van der Waals surface area contributed by atoms with Gasteiger partial charge in [0, 0.05) is 0 Å². The van der Waals surface area contributed by atoms with E-state index in [-0.39, 0.29) is 19.8 Å². The molecule has 0 saturated carbocycles.